The third-order valence-corrected chi connectivity index (χ3v) is 5.26. The van der Waals surface area contributed by atoms with Crippen LogP contribution < -0.4 is 0 Å². The summed E-state index contributed by atoms with van der Waals surface area (Å²) in [5.74, 6) is 0.223. The maximum atomic E-state index is 12.8. The van der Waals surface area contributed by atoms with Crippen molar-refractivity contribution in [3.8, 4) is 0 Å². The molecule has 3 heterocycles. The van der Waals surface area contributed by atoms with Crippen LogP contribution in [-0.4, -0.2) is 20.2 Å². The highest BCUT2D eigenvalue weighted by Crippen LogP contribution is 2.39. The molecular formula is C20H13N3O. The fourth-order valence-corrected chi connectivity index (χ4v) is 4.28. The highest BCUT2D eigenvalue weighted by Gasteiger charge is 2.26. The van der Waals surface area contributed by atoms with Gasteiger partial charge in [-0.15, -0.1) is 0 Å². The third-order valence-electron chi connectivity index (χ3n) is 5.26. The Morgan fingerprint density at radius 3 is 2.79 bits per heavy atom. The van der Waals surface area contributed by atoms with Gasteiger partial charge in [0, 0.05) is 28.1 Å². The molecule has 4 nitrogen and oxygen atoms in total. The summed E-state index contributed by atoms with van der Waals surface area (Å²) in [5.41, 5.74) is 5.85. The number of hydrogen-bond donors (Lipinski definition) is 0. The zero-order chi connectivity index (χ0) is 15.8. The summed E-state index contributed by atoms with van der Waals surface area (Å²) in [6, 6.07) is 12.3. The molecule has 6 rings (SSSR count). The summed E-state index contributed by atoms with van der Waals surface area (Å²) in [4.78, 5) is 22.1. The molecule has 0 bridgehead atoms. The van der Waals surface area contributed by atoms with Crippen molar-refractivity contribution in [2.24, 2.45) is 0 Å². The molecule has 0 atom stereocenters. The quantitative estimate of drug-likeness (QED) is 0.319. The van der Waals surface area contributed by atoms with Gasteiger partial charge in [-0.3, -0.25) is 14.2 Å². The smallest absolute Gasteiger partial charge is 0.165 e. The van der Waals surface area contributed by atoms with Gasteiger partial charge in [-0.2, -0.15) is 0 Å². The molecule has 0 saturated carbocycles. The first-order valence-electron chi connectivity index (χ1n) is 8.28. The molecule has 2 aromatic carbocycles. The largest absolute Gasteiger partial charge is 0.298 e. The highest BCUT2D eigenvalue weighted by molar-refractivity contribution is 6.27. The van der Waals surface area contributed by atoms with E-state index < -0.39 is 0 Å². The Labute approximate surface area is 137 Å². The molecule has 0 fully saturated rings. The van der Waals surface area contributed by atoms with Gasteiger partial charge in [-0.05, 0) is 31.0 Å². The molecule has 0 unspecified atom stereocenters. The van der Waals surface area contributed by atoms with E-state index in [1.54, 1.807) is 0 Å². The second kappa shape index (κ2) is 4.09. The van der Waals surface area contributed by atoms with E-state index in [4.69, 9.17) is 4.98 Å². The van der Waals surface area contributed by atoms with Crippen LogP contribution in [-0.2, 0) is 6.42 Å². The van der Waals surface area contributed by atoms with Gasteiger partial charge in [0.2, 0.25) is 0 Å². The molecule has 0 amide bonds. The average molecular weight is 311 g/mol. The van der Waals surface area contributed by atoms with Gasteiger partial charge in [0.05, 0.1) is 27.8 Å². The fraction of sp³-hybridized carbons (Fsp3) is 0.150. The molecule has 0 spiro atoms. The van der Waals surface area contributed by atoms with E-state index in [9.17, 15) is 4.79 Å². The van der Waals surface area contributed by atoms with E-state index in [1.165, 1.54) is 0 Å². The van der Waals surface area contributed by atoms with Gasteiger partial charge in [0.25, 0.3) is 0 Å². The zero-order valence-electron chi connectivity index (χ0n) is 12.9. The number of aryl methyl sites for hydroxylation is 1. The number of nitrogens with zero attached hydrogens (tertiary/aromatic N) is 3. The van der Waals surface area contributed by atoms with E-state index in [0.29, 0.717) is 6.42 Å². The van der Waals surface area contributed by atoms with Gasteiger partial charge in [-0.25, -0.2) is 4.98 Å². The molecule has 3 aromatic heterocycles. The fourth-order valence-electron chi connectivity index (χ4n) is 4.28. The predicted octanol–water partition coefficient (Wildman–Crippen LogP) is 4.15. The lowest BCUT2D eigenvalue weighted by molar-refractivity contribution is 0.0973. The number of hydrogen-bond acceptors (Lipinski definition) is 3. The second-order valence-corrected chi connectivity index (χ2v) is 6.54. The molecule has 5 aromatic rings. The van der Waals surface area contributed by atoms with Crippen LogP contribution in [0.25, 0.3) is 38.2 Å². The molecule has 114 valence electrons. The van der Waals surface area contributed by atoms with Gasteiger partial charge >= 0.3 is 0 Å². The first-order valence-corrected chi connectivity index (χ1v) is 8.28. The molecule has 1 aliphatic carbocycles. The Morgan fingerprint density at radius 1 is 0.958 bits per heavy atom. The average Bonchev–Trinajstić information content (AvgIpc) is 3.05. The lowest BCUT2D eigenvalue weighted by Gasteiger charge is -2.20. The van der Waals surface area contributed by atoms with E-state index in [2.05, 4.69) is 21.5 Å². The monoisotopic (exact) mass is 311 g/mol. The van der Waals surface area contributed by atoms with Crippen molar-refractivity contribution in [1.29, 1.82) is 0 Å². The number of para-hydroxylation sites is 1. The van der Waals surface area contributed by atoms with Crippen molar-refractivity contribution in [3.05, 3.63) is 54.0 Å². The van der Waals surface area contributed by atoms with Crippen LogP contribution in [0.3, 0.4) is 0 Å². The summed E-state index contributed by atoms with van der Waals surface area (Å²) in [6.07, 6.45) is 4.26. The van der Waals surface area contributed by atoms with Crippen LogP contribution in [0.2, 0.25) is 0 Å². The number of ketones is 1. The first-order chi connectivity index (χ1) is 11.8. The summed E-state index contributed by atoms with van der Waals surface area (Å²) in [7, 11) is 0. The SMILES string of the molecule is O=C1CCCc2nc3ccc4ncn5c6ccccc6c(c21)c3c45. The highest BCUT2D eigenvalue weighted by atomic mass is 16.1. The minimum Gasteiger partial charge on any atom is -0.298 e. The van der Waals surface area contributed by atoms with Gasteiger partial charge in [0.15, 0.2) is 5.78 Å². The number of Topliss-reactive ketones (excluding diaryl/α,β-unsaturated/α-hetero) is 1. The summed E-state index contributed by atoms with van der Waals surface area (Å²) in [6.45, 7) is 0. The Kier molecular flexibility index (Phi) is 2.12. The van der Waals surface area contributed by atoms with Crippen LogP contribution in [0.4, 0.5) is 0 Å². The maximum absolute atomic E-state index is 12.8. The number of benzene rings is 2. The number of imidazole rings is 1. The topological polar surface area (TPSA) is 47.3 Å². The van der Waals surface area contributed by atoms with E-state index in [1.807, 2.05) is 30.6 Å². The minimum absolute atomic E-state index is 0.223. The molecule has 0 saturated heterocycles. The molecule has 0 radical (unpaired) electrons. The minimum atomic E-state index is 0.223. The number of carbonyl (C=O) groups excluding carboxylic acids is 1. The molecule has 0 aliphatic heterocycles. The van der Waals surface area contributed by atoms with Crippen LogP contribution in [0, 0.1) is 0 Å². The summed E-state index contributed by atoms with van der Waals surface area (Å²) in [5, 5.41) is 3.24. The second-order valence-electron chi connectivity index (χ2n) is 6.54. The number of fused-ring (bicyclic) bond motifs is 5. The molecule has 1 aliphatic rings. The summed E-state index contributed by atoms with van der Waals surface area (Å²) < 4.78 is 2.13. The Hall–Kier alpha value is -3.01. The number of aromatic nitrogens is 3. The van der Waals surface area contributed by atoms with Gasteiger partial charge < -0.3 is 0 Å². The van der Waals surface area contributed by atoms with E-state index >= 15 is 0 Å². The standard InChI is InChI=1S/C20H13N3O/c24-16-7-3-5-12-18(16)17-11-4-1-2-6-15(11)23-10-21-14-9-8-13(22-12)19(17)20(14)23/h1-2,4,6,8-10H,3,5,7H2. The van der Waals surface area contributed by atoms with Crippen molar-refractivity contribution in [2.75, 3.05) is 0 Å². The van der Waals surface area contributed by atoms with Crippen molar-refractivity contribution in [3.63, 3.8) is 0 Å². The Bertz CT molecular complexity index is 1300. The number of carbonyl (C=O) groups is 1. The van der Waals surface area contributed by atoms with Gasteiger partial charge in [-0.1, -0.05) is 18.2 Å². The van der Waals surface area contributed by atoms with E-state index in [-0.39, 0.29) is 5.78 Å². The number of rotatable bonds is 0. The first kappa shape index (κ1) is 12.4. The van der Waals surface area contributed by atoms with Crippen LogP contribution in [0.15, 0.2) is 42.7 Å². The maximum Gasteiger partial charge on any atom is 0.165 e. The lowest BCUT2D eigenvalue weighted by atomic mass is 9.88. The lowest BCUT2D eigenvalue weighted by Crippen LogP contribution is -2.14. The normalized spacial score (nSPS) is 15.1. The Morgan fingerprint density at radius 2 is 1.83 bits per heavy atom. The van der Waals surface area contributed by atoms with Crippen molar-refractivity contribution >= 4 is 44.0 Å². The molecule has 4 heteroatoms. The van der Waals surface area contributed by atoms with Crippen molar-refractivity contribution in [1.82, 2.24) is 14.4 Å². The molecule has 24 heavy (non-hydrogen) atoms. The molecule has 0 N–H and O–H groups in total. The predicted molar refractivity (Wildman–Crippen MR) is 94.0 cm³/mol. The van der Waals surface area contributed by atoms with Crippen LogP contribution in [0.5, 0.6) is 0 Å². The zero-order valence-corrected chi connectivity index (χ0v) is 12.9. The molecular weight excluding hydrogens is 298 g/mol. The van der Waals surface area contributed by atoms with E-state index in [0.717, 1.165) is 62.3 Å². The van der Waals surface area contributed by atoms with Crippen LogP contribution >= 0.6 is 0 Å². The van der Waals surface area contributed by atoms with Crippen molar-refractivity contribution < 1.29 is 4.79 Å². The number of pyridine rings is 2. The Balaban J connectivity index is 2.06. The van der Waals surface area contributed by atoms with Gasteiger partial charge in [0.1, 0.15) is 6.33 Å². The summed E-state index contributed by atoms with van der Waals surface area (Å²) >= 11 is 0. The van der Waals surface area contributed by atoms with Crippen LogP contribution in [0.1, 0.15) is 28.9 Å². The van der Waals surface area contributed by atoms with Crippen molar-refractivity contribution in [2.45, 2.75) is 19.3 Å². The third kappa shape index (κ3) is 1.33.